The maximum absolute atomic E-state index is 13.2. The first-order valence-corrected chi connectivity index (χ1v) is 8.48. The standard InChI is InChI=1S/C19H15F2N5O/c20-19(21)5-7-25(8-6-19)18(27)14-3-4-17(23-11-14)26-12-15-2-1-13(10-22)9-16(15)24-26/h1-4,9,11-12H,5-8H2. The Morgan fingerprint density at radius 3 is 2.63 bits per heavy atom. The van der Waals surface area contributed by atoms with Crippen LogP contribution in [0.3, 0.4) is 0 Å². The molecule has 3 aromatic rings. The maximum atomic E-state index is 13.2. The second-order valence-corrected chi connectivity index (χ2v) is 6.51. The molecule has 3 heterocycles. The van der Waals surface area contributed by atoms with Crippen molar-refractivity contribution in [2.75, 3.05) is 13.1 Å². The van der Waals surface area contributed by atoms with E-state index in [9.17, 15) is 13.6 Å². The molecule has 1 fully saturated rings. The predicted molar refractivity (Wildman–Crippen MR) is 93.7 cm³/mol. The number of piperidine rings is 1. The lowest BCUT2D eigenvalue weighted by Gasteiger charge is -2.31. The number of alkyl halides is 2. The number of rotatable bonds is 2. The van der Waals surface area contributed by atoms with Gasteiger partial charge in [-0.1, -0.05) is 0 Å². The molecule has 0 atom stereocenters. The van der Waals surface area contributed by atoms with Gasteiger partial charge in [0.15, 0.2) is 5.82 Å². The molecule has 0 radical (unpaired) electrons. The second kappa shape index (κ2) is 6.43. The van der Waals surface area contributed by atoms with E-state index in [2.05, 4.69) is 16.2 Å². The van der Waals surface area contributed by atoms with Gasteiger partial charge in [-0.3, -0.25) is 4.79 Å². The highest BCUT2D eigenvalue weighted by atomic mass is 19.3. The van der Waals surface area contributed by atoms with Crippen molar-refractivity contribution in [2.45, 2.75) is 18.8 Å². The Bertz CT molecular complexity index is 1040. The van der Waals surface area contributed by atoms with Gasteiger partial charge < -0.3 is 4.90 Å². The summed E-state index contributed by atoms with van der Waals surface area (Å²) in [6.07, 6.45) is 2.59. The van der Waals surface area contributed by atoms with Gasteiger partial charge in [-0.25, -0.2) is 18.4 Å². The first-order chi connectivity index (χ1) is 12.9. The fourth-order valence-corrected chi connectivity index (χ4v) is 3.07. The van der Waals surface area contributed by atoms with Gasteiger partial charge >= 0.3 is 0 Å². The number of nitrogens with zero attached hydrogens (tertiary/aromatic N) is 5. The van der Waals surface area contributed by atoms with E-state index >= 15 is 0 Å². The van der Waals surface area contributed by atoms with Crippen molar-refractivity contribution >= 4 is 16.8 Å². The summed E-state index contributed by atoms with van der Waals surface area (Å²) in [6.45, 7) is 0.0821. The molecule has 136 valence electrons. The van der Waals surface area contributed by atoms with Crippen LogP contribution >= 0.6 is 0 Å². The molecule has 1 amide bonds. The third-order valence-corrected chi connectivity index (χ3v) is 4.65. The molecule has 4 rings (SSSR count). The molecule has 2 aromatic heterocycles. The fraction of sp³-hybridized carbons (Fsp3) is 0.263. The van der Waals surface area contributed by atoms with Gasteiger partial charge in [-0.05, 0) is 30.3 Å². The number of fused-ring (bicyclic) bond motifs is 1. The molecule has 8 heteroatoms. The SMILES string of the molecule is N#Cc1ccc2cn(-c3ccc(C(=O)N4CCC(F)(F)CC4)cn3)nc2c1. The van der Waals surface area contributed by atoms with Crippen molar-refractivity contribution in [1.29, 1.82) is 5.26 Å². The normalized spacial score (nSPS) is 16.3. The van der Waals surface area contributed by atoms with Crippen LogP contribution in [0.1, 0.15) is 28.8 Å². The summed E-state index contributed by atoms with van der Waals surface area (Å²) in [7, 11) is 0. The summed E-state index contributed by atoms with van der Waals surface area (Å²) >= 11 is 0. The Labute approximate surface area is 153 Å². The quantitative estimate of drug-likeness (QED) is 0.697. The minimum atomic E-state index is -2.69. The van der Waals surface area contributed by atoms with Crippen LogP contribution in [0.2, 0.25) is 0 Å². The number of aromatic nitrogens is 3. The molecule has 6 nitrogen and oxygen atoms in total. The van der Waals surface area contributed by atoms with E-state index < -0.39 is 5.92 Å². The number of nitriles is 1. The summed E-state index contributed by atoms with van der Waals surface area (Å²) < 4.78 is 28.1. The molecular weight excluding hydrogens is 352 g/mol. The van der Waals surface area contributed by atoms with Crippen LogP contribution in [0.5, 0.6) is 0 Å². The molecule has 0 bridgehead atoms. The second-order valence-electron chi connectivity index (χ2n) is 6.51. The van der Waals surface area contributed by atoms with E-state index in [0.717, 1.165) is 5.39 Å². The number of hydrogen-bond acceptors (Lipinski definition) is 4. The Balaban J connectivity index is 1.54. The van der Waals surface area contributed by atoms with Crippen molar-refractivity contribution in [2.24, 2.45) is 0 Å². The van der Waals surface area contributed by atoms with E-state index in [0.29, 0.717) is 22.5 Å². The molecule has 0 saturated carbocycles. The zero-order chi connectivity index (χ0) is 19.0. The van der Waals surface area contributed by atoms with Crippen molar-refractivity contribution in [3.63, 3.8) is 0 Å². The maximum Gasteiger partial charge on any atom is 0.255 e. The topological polar surface area (TPSA) is 74.8 Å². The molecule has 0 aliphatic carbocycles. The van der Waals surface area contributed by atoms with Gasteiger partial charge in [0.25, 0.3) is 11.8 Å². The van der Waals surface area contributed by atoms with E-state index in [-0.39, 0.29) is 31.8 Å². The lowest BCUT2D eigenvalue weighted by molar-refractivity contribution is -0.0494. The smallest absolute Gasteiger partial charge is 0.255 e. The van der Waals surface area contributed by atoms with Crippen molar-refractivity contribution in [1.82, 2.24) is 19.7 Å². The molecule has 27 heavy (non-hydrogen) atoms. The number of carbonyl (C=O) groups excluding carboxylic acids is 1. The molecule has 0 unspecified atom stereocenters. The summed E-state index contributed by atoms with van der Waals surface area (Å²) in [4.78, 5) is 18.2. The lowest BCUT2D eigenvalue weighted by atomic mass is 10.1. The van der Waals surface area contributed by atoms with Crippen molar-refractivity contribution in [3.8, 4) is 11.9 Å². The minimum Gasteiger partial charge on any atom is -0.338 e. The molecule has 0 N–H and O–H groups in total. The highest BCUT2D eigenvalue weighted by Gasteiger charge is 2.35. The van der Waals surface area contributed by atoms with Crippen LogP contribution in [-0.2, 0) is 0 Å². The number of benzene rings is 1. The number of likely N-dealkylation sites (tertiary alicyclic amines) is 1. The molecule has 1 aliphatic rings. The first-order valence-electron chi connectivity index (χ1n) is 8.48. The van der Waals surface area contributed by atoms with Gasteiger partial charge in [-0.15, -0.1) is 0 Å². The third-order valence-electron chi connectivity index (χ3n) is 4.65. The highest BCUT2D eigenvalue weighted by Crippen LogP contribution is 2.28. The summed E-state index contributed by atoms with van der Waals surface area (Å²) in [5.74, 6) is -2.47. The lowest BCUT2D eigenvalue weighted by Crippen LogP contribution is -2.42. The zero-order valence-electron chi connectivity index (χ0n) is 14.3. The minimum absolute atomic E-state index is 0.0410. The largest absolute Gasteiger partial charge is 0.338 e. The zero-order valence-corrected chi connectivity index (χ0v) is 14.3. The Morgan fingerprint density at radius 2 is 1.96 bits per heavy atom. The van der Waals surface area contributed by atoms with E-state index in [4.69, 9.17) is 5.26 Å². The van der Waals surface area contributed by atoms with E-state index in [1.54, 1.807) is 41.2 Å². The molecule has 1 saturated heterocycles. The van der Waals surface area contributed by atoms with Crippen LogP contribution in [0, 0.1) is 11.3 Å². The predicted octanol–water partition coefficient (Wildman–Crippen LogP) is 3.16. The Kier molecular flexibility index (Phi) is 4.07. The average Bonchev–Trinajstić information content (AvgIpc) is 3.10. The third kappa shape index (κ3) is 3.36. The number of pyridine rings is 1. The molecule has 1 aliphatic heterocycles. The van der Waals surface area contributed by atoms with Gasteiger partial charge in [0.2, 0.25) is 0 Å². The number of carbonyl (C=O) groups is 1. The summed E-state index contributed by atoms with van der Waals surface area (Å²) in [6, 6.07) is 10.6. The van der Waals surface area contributed by atoms with E-state index in [1.807, 2.05) is 0 Å². The number of hydrogen-bond donors (Lipinski definition) is 0. The molecule has 1 aromatic carbocycles. The monoisotopic (exact) mass is 367 g/mol. The molecule has 0 spiro atoms. The van der Waals surface area contributed by atoms with Gasteiger partial charge in [-0.2, -0.15) is 10.4 Å². The Hall–Kier alpha value is -3.34. The van der Waals surface area contributed by atoms with Gasteiger partial charge in [0, 0.05) is 43.7 Å². The summed E-state index contributed by atoms with van der Waals surface area (Å²) in [5.41, 5.74) is 1.55. The van der Waals surface area contributed by atoms with Gasteiger partial charge in [0.05, 0.1) is 22.7 Å². The number of amides is 1. The van der Waals surface area contributed by atoms with Crippen molar-refractivity contribution < 1.29 is 13.6 Å². The van der Waals surface area contributed by atoms with Crippen LogP contribution in [0.15, 0.2) is 42.7 Å². The number of halogens is 2. The van der Waals surface area contributed by atoms with Crippen LogP contribution in [0.4, 0.5) is 8.78 Å². The first kappa shape index (κ1) is 17.1. The fourth-order valence-electron chi connectivity index (χ4n) is 3.07. The molecular formula is C19H15F2N5O. The Morgan fingerprint density at radius 1 is 1.19 bits per heavy atom. The van der Waals surface area contributed by atoms with Gasteiger partial charge in [0.1, 0.15) is 0 Å². The van der Waals surface area contributed by atoms with Crippen LogP contribution in [-0.4, -0.2) is 44.6 Å². The van der Waals surface area contributed by atoms with Crippen molar-refractivity contribution in [3.05, 3.63) is 53.9 Å². The van der Waals surface area contributed by atoms with E-state index in [1.165, 1.54) is 11.1 Å². The highest BCUT2D eigenvalue weighted by molar-refractivity contribution is 5.94. The average molecular weight is 367 g/mol. The van der Waals surface area contributed by atoms with Crippen LogP contribution in [0.25, 0.3) is 16.7 Å². The summed E-state index contributed by atoms with van der Waals surface area (Å²) in [5, 5.41) is 14.2. The van der Waals surface area contributed by atoms with Crippen LogP contribution < -0.4 is 0 Å².